The monoisotopic (exact) mass is 1740 g/mol. The van der Waals surface area contributed by atoms with Gasteiger partial charge in [0.1, 0.15) is 89.5 Å². The third-order valence-electron chi connectivity index (χ3n) is 19.8. The Morgan fingerprint density at radius 1 is 0.712 bits per heavy atom. The second-order valence-electron chi connectivity index (χ2n) is 28.9. The molecule has 5 aromatic rings. The number of esters is 1. The number of aliphatic hydroxyl groups is 7. The number of likely N-dealkylation sites (N-methyl/N-ethyl adjacent to an activating group) is 1. The molecule has 0 spiro atoms. The average molecular weight is 1740 g/mol. The van der Waals surface area contributed by atoms with E-state index in [9.17, 15) is 104 Å². The molecule has 7 aliphatic heterocycles. The van der Waals surface area contributed by atoms with Crippen LogP contribution >= 0.6 is 38.4 Å². The molecular weight excluding hydrogens is 1650 g/mol. The first-order valence-electron chi connectivity index (χ1n) is 35.9. The highest BCUT2D eigenvalue weighted by Crippen LogP contribution is 2.69. The number of phenols is 3. The highest BCUT2D eigenvalue weighted by atomic mass is 35.5. The molecule has 26 N–H and O–H groups in total. The van der Waals surface area contributed by atoms with Gasteiger partial charge >= 0.3 is 27.3 Å². The second-order valence-corrected chi connectivity index (χ2v) is 33.8. The van der Waals surface area contributed by atoms with Crippen LogP contribution in [0.5, 0.6) is 46.0 Å². The van der Waals surface area contributed by atoms with Crippen LogP contribution in [-0.2, 0) is 71.2 Å². The van der Waals surface area contributed by atoms with Gasteiger partial charge in [0.05, 0.1) is 41.3 Å². The molecule has 18 atom stereocenters. The van der Waals surface area contributed by atoms with Crippen molar-refractivity contribution in [3.8, 4) is 57.1 Å². The molecule has 0 radical (unpaired) electrons. The van der Waals surface area contributed by atoms with Crippen molar-refractivity contribution in [3.63, 3.8) is 0 Å². The maximum atomic E-state index is 16.2. The lowest BCUT2D eigenvalue weighted by molar-refractivity contribution is -0.333. The number of carbonyl (C=O) groups excluding carboxylic acids is 9. The number of amides is 8. The number of halogens is 2. The molecule has 7 aliphatic rings. The number of rotatable bonds is 20. The predicted octanol–water partition coefficient (Wildman–Crippen LogP) is -1.36. The molecule has 642 valence electrons. The molecule has 11 bridgehead atoms. The number of aromatic hydroxyl groups is 3. The van der Waals surface area contributed by atoms with Gasteiger partial charge in [0.15, 0.2) is 29.9 Å². The number of alkyl carbamates (subject to hydrolysis) is 1. The Morgan fingerprint density at radius 3 is 1.88 bits per heavy atom. The molecule has 47 heteroatoms. The topological polar surface area (TPSA) is 693 Å². The van der Waals surface area contributed by atoms with Crippen LogP contribution in [0.1, 0.15) is 112 Å². The summed E-state index contributed by atoms with van der Waals surface area (Å²) in [5.74, 6) is -17.3. The van der Waals surface area contributed by atoms with Gasteiger partial charge in [0.2, 0.25) is 60.2 Å². The highest BCUT2D eigenvalue weighted by molar-refractivity contribution is 7.72. The van der Waals surface area contributed by atoms with E-state index < -0.39 is 305 Å². The van der Waals surface area contributed by atoms with Crippen LogP contribution < -0.4 is 68.2 Å². The number of ether oxygens (including phenoxy) is 8. The Morgan fingerprint density at radius 2 is 1.31 bits per heavy atom. The molecule has 8 amide bonds. The average Bonchev–Trinajstić information content (AvgIpc) is 0.766. The van der Waals surface area contributed by atoms with Crippen LogP contribution in [0.15, 0.2) is 78.9 Å². The number of fused-ring (bicyclic) bond motifs is 15. The summed E-state index contributed by atoms with van der Waals surface area (Å²) in [6.07, 6.45) is -22.5. The number of hydrogen-bond donors (Lipinski definition) is 24. The minimum absolute atomic E-state index is 0.140. The summed E-state index contributed by atoms with van der Waals surface area (Å²) < 4.78 is 72.2. The summed E-state index contributed by atoms with van der Waals surface area (Å²) in [6.45, 7) is 2.88. The number of nitrogens with one attached hydrogen (secondary N) is 8. The number of carbonyl (C=O) groups is 9. The Bertz CT molecular complexity index is 4790. The fourth-order valence-electron chi connectivity index (χ4n) is 13.6. The van der Waals surface area contributed by atoms with Crippen LogP contribution in [0.2, 0.25) is 10.0 Å². The minimum atomic E-state index is -6.02. The highest BCUT2D eigenvalue weighted by Gasteiger charge is 2.59. The van der Waals surface area contributed by atoms with Crippen molar-refractivity contribution >= 4 is 91.8 Å². The first-order valence-corrected chi connectivity index (χ1v) is 39.9. The van der Waals surface area contributed by atoms with Gasteiger partial charge in [-0.1, -0.05) is 55.2 Å². The van der Waals surface area contributed by atoms with E-state index >= 15 is 19.2 Å². The summed E-state index contributed by atoms with van der Waals surface area (Å²) in [7, 11) is -10.6. The Labute approximate surface area is 678 Å². The molecule has 0 aromatic heterocycles. The standard InChI is InChI=1S/C71H86Cl2N10O33P2/c1-26(2)14-37(76-5)61(94)82-52-54(89)29-7-10-41(35(72)16-29)112-43-18-31-19-44(58(43)116-68-59(57(92)56(91)45(24-84)114-68)115-47-23-70(4,75)60(93)27(3)111-47)113-42-11-8-30(17-36(42)73)55(90)53-66(99)81-51(67(100)109-25-110-69(101)77-13-12-71(102,117(103,104)105)118(106,107)108)34-20-32(85)21-40(87)48(34)33-15-28(6-9-39(33)86)49(63(96)83-53)80-64(97)50(31)79-62(95)38(22-46(74)88)78-65(52)98/h6-11,15-21,26-27,37-38,45,47,49-57,59-60,68,76,84-87,89-93,102H,12-14,22-25,75H2,1-5H3,(H2,74,88)(H,77,101)(H,78,98)(H,79,95)(H,80,97)(H,81,99)(H,82,94)(H,83,96)(H2,103,104,105)(H2,106,107,108)/t27?,37?,38?,45?,47?,49?,50?,51-,52?,53?,54+,55-,56?,57?,59?,60?,68?,70?/m1/s1. The van der Waals surface area contributed by atoms with E-state index in [-0.39, 0.29) is 24.3 Å². The Balaban J connectivity index is 1.17. The van der Waals surface area contributed by atoms with Crippen LogP contribution in [0, 0.1) is 5.92 Å². The number of phenolic OH excluding ortho intramolecular Hbond substituents is 3. The van der Waals surface area contributed by atoms with Crippen LogP contribution in [0.4, 0.5) is 4.79 Å². The lowest BCUT2D eigenvalue weighted by atomic mass is 9.86. The van der Waals surface area contributed by atoms with E-state index in [1.165, 1.54) is 27.0 Å². The first-order chi connectivity index (χ1) is 55.2. The smallest absolute Gasteiger partial charge is 0.410 e. The van der Waals surface area contributed by atoms with Gasteiger partial charge in [-0.2, -0.15) is 0 Å². The summed E-state index contributed by atoms with van der Waals surface area (Å²) in [5.41, 5.74) is 7.15. The predicted molar refractivity (Wildman–Crippen MR) is 401 cm³/mol. The number of benzene rings is 5. The Kier molecular flexibility index (Phi) is 28.0. The SMILES string of the molecule is CNC(CC(C)C)C(=O)NC1C(=O)NC(CC(N)=O)C(=O)NC2C(=O)NC3C(=O)NC(C(=O)N[C@@H](C(=O)OCOC(=O)NCCC(O)(P(=O)(O)O)P(=O)(O)O)c4cc(O)cc(O)c4-c4cc3ccc4O)[C@H](O)c3ccc(c(Cl)c3)Oc3cc2cc(c3OC2OC(CO)C(O)C(O)C2OC2CC(C)(N)C(O)C(C)O2)Oc2ccc(cc2Cl)[C@@H]1O. The minimum Gasteiger partial charge on any atom is -0.508 e. The number of aliphatic hydroxyl groups excluding tert-OH is 6. The van der Waals surface area contributed by atoms with Crippen LogP contribution in [0.25, 0.3) is 11.1 Å². The quantitative estimate of drug-likeness (QED) is 0.0243. The van der Waals surface area contributed by atoms with E-state index in [0.29, 0.717) is 6.07 Å². The van der Waals surface area contributed by atoms with Gasteiger partial charge in [-0.05, 0) is 110 Å². The molecule has 2 fully saturated rings. The molecule has 0 aliphatic carbocycles. The maximum absolute atomic E-state index is 16.2. The van der Waals surface area contributed by atoms with Crippen molar-refractivity contribution in [1.29, 1.82) is 0 Å². The summed E-state index contributed by atoms with van der Waals surface area (Å²) >= 11 is 14.2. The van der Waals surface area contributed by atoms with Crippen molar-refractivity contribution in [3.05, 3.63) is 117 Å². The fourth-order valence-corrected chi connectivity index (χ4v) is 16.2. The third kappa shape index (κ3) is 19.9. The van der Waals surface area contributed by atoms with Gasteiger partial charge in [0, 0.05) is 47.7 Å². The molecular formula is C71H86Cl2N10O33P2. The van der Waals surface area contributed by atoms with E-state index in [2.05, 4.69) is 37.2 Å². The Hall–Kier alpha value is -9.67. The van der Waals surface area contributed by atoms with Gasteiger partial charge in [-0.3, -0.25) is 42.7 Å². The molecule has 7 heterocycles. The second kappa shape index (κ2) is 36.5. The number of hydrogen-bond acceptors (Lipinski definition) is 31. The summed E-state index contributed by atoms with van der Waals surface area (Å²) in [5, 5.41) is 129. The zero-order chi connectivity index (χ0) is 86.9. The molecule has 12 rings (SSSR count). The van der Waals surface area contributed by atoms with Crippen molar-refractivity contribution in [2.75, 3.05) is 27.0 Å². The van der Waals surface area contributed by atoms with Crippen LogP contribution in [-0.4, -0.2) is 235 Å². The van der Waals surface area contributed by atoms with Crippen molar-refractivity contribution in [1.82, 2.24) is 42.5 Å². The maximum Gasteiger partial charge on any atom is 0.410 e. The summed E-state index contributed by atoms with van der Waals surface area (Å²) in [4.78, 5) is 171. The molecule has 5 aromatic carbocycles. The normalized spacial score (nSPS) is 27.2. The molecule has 43 nitrogen and oxygen atoms in total. The van der Waals surface area contributed by atoms with Crippen molar-refractivity contribution in [2.24, 2.45) is 17.4 Å². The molecule has 2 saturated heterocycles. The molecule has 0 saturated carbocycles. The van der Waals surface area contributed by atoms with Gasteiger partial charge in [0.25, 0.3) is 5.08 Å². The zero-order valence-electron chi connectivity index (χ0n) is 62.7. The fraction of sp³-hybridized carbons (Fsp3) is 0.451. The lowest BCUT2D eigenvalue weighted by Crippen LogP contribution is -2.64. The number of primary amides is 1. The van der Waals surface area contributed by atoms with Gasteiger partial charge in [-0.15, -0.1) is 0 Å². The third-order valence-corrected chi connectivity index (χ3v) is 24.3. The summed E-state index contributed by atoms with van der Waals surface area (Å²) in [6, 6.07) is -2.46. The first kappa shape index (κ1) is 90.7. The van der Waals surface area contributed by atoms with E-state index in [1.54, 1.807) is 19.2 Å². The van der Waals surface area contributed by atoms with Crippen LogP contribution in [0.3, 0.4) is 0 Å². The van der Waals surface area contributed by atoms with E-state index in [0.717, 1.165) is 66.7 Å². The molecule has 15 unspecified atom stereocenters. The largest absolute Gasteiger partial charge is 0.508 e. The van der Waals surface area contributed by atoms with Crippen molar-refractivity contribution in [2.45, 2.75) is 168 Å². The van der Waals surface area contributed by atoms with Gasteiger partial charge in [-0.25, -0.2) is 9.59 Å². The van der Waals surface area contributed by atoms with Crippen molar-refractivity contribution < 1.29 is 161 Å². The number of nitrogens with two attached hydrogens (primary N) is 2. The molecule has 118 heavy (non-hydrogen) atoms. The van der Waals surface area contributed by atoms with Gasteiger partial charge < -0.3 is 163 Å². The lowest BCUT2D eigenvalue weighted by Gasteiger charge is -2.47. The zero-order valence-corrected chi connectivity index (χ0v) is 66.0. The van der Waals surface area contributed by atoms with E-state index in [4.69, 9.17) is 72.6 Å². The van der Waals surface area contributed by atoms with E-state index in [1.807, 2.05) is 0 Å².